The number of nitrogens with two attached hydrogens (primary N) is 1. The highest BCUT2D eigenvalue weighted by atomic mass is 32.2. The number of hydrogen-bond donors (Lipinski definition) is 1. The van der Waals surface area contributed by atoms with Gasteiger partial charge in [0, 0.05) is 37.2 Å². The van der Waals surface area contributed by atoms with E-state index in [-0.39, 0.29) is 17.1 Å². The summed E-state index contributed by atoms with van der Waals surface area (Å²) in [6.45, 7) is 0. The molecule has 0 amide bonds. The summed E-state index contributed by atoms with van der Waals surface area (Å²) in [5, 5.41) is 0. The fourth-order valence-electron chi connectivity index (χ4n) is 4.82. The zero-order valence-electron chi connectivity index (χ0n) is 18.9. The Labute approximate surface area is 204 Å². The highest BCUT2D eigenvalue weighted by Gasteiger charge is 2.50. The summed E-state index contributed by atoms with van der Waals surface area (Å²) in [7, 11) is -2.75. The number of nitrogens with zero attached hydrogens (tertiary/aromatic N) is 3. The van der Waals surface area contributed by atoms with Crippen molar-refractivity contribution >= 4 is 16.2 Å². The van der Waals surface area contributed by atoms with Crippen LogP contribution in [-0.4, -0.2) is 31.0 Å². The van der Waals surface area contributed by atoms with E-state index in [4.69, 9.17) is 5.73 Å². The zero-order chi connectivity index (χ0) is 25.8. The number of aliphatic imine (C=N–C) groups is 1. The average Bonchev–Trinajstić information content (AvgIpc) is 3.10. The summed E-state index contributed by atoms with van der Waals surface area (Å²) in [5.41, 5.74) is 9.03. The first kappa shape index (κ1) is 24.1. The predicted molar refractivity (Wildman–Crippen MR) is 126 cm³/mol. The monoisotopic (exact) mass is 516 g/mol. The Bertz CT molecular complexity index is 1500. The number of halogens is 4. The standard InChI is InChI=1S/C25H20F4N4O2S/c1-31-13-20-21(30)11-22-18-8-4-15(14-2-5-16(26)6-3-14)10-19(18)24(20)33(22)36(34,35)17-7-9-23(32-12-17)25(27,28)29/h2-10,12-13,22,24H,11,30H2,1H3. The van der Waals surface area contributed by atoms with Gasteiger partial charge in [-0.05, 0) is 52.6 Å². The first-order valence-electron chi connectivity index (χ1n) is 10.9. The summed E-state index contributed by atoms with van der Waals surface area (Å²) in [5.74, 6) is -0.379. The van der Waals surface area contributed by atoms with Crippen LogP contribution >= 0.6 is 0 Å². The molecule has 0 radical (unpaired) electrons. The van der Waals surface area contributed by atoms with Crippen LogP contribution in [0.25, 0.3) is 11.1 Å². The van der Waals surface area contributed by atoms with Gasteiger partial charge in [-0.15, -0.1) is 0 Å². The van der Waals surface area contributed by atoms with Crippen molar-refractivity contribution in [3.8, 4) is 11.1 Å². The second-order valence-corrected chi connectivity index (χ2v) is 10.4. The van der Waals surface area contributed by atoms with Crippen molar-refractivity contribution in [1.82, 2.24) is 9.29 Å². The molecular formula is C25H20F4N4O2S. The van der Waals surface area contributed by atoms with Crippen molar-refractivity contribution < 1.29 is 26.0 Å². The summed E-state index contributed by atoms with van der Waals surface area (Å²) >= 11 is 0. The molecule has 0 saturated carbocycles. The van der Waals surface area contributed by atoms with Gasteiger partial charge in [-0.2, -0.15) is 17.5 Å². The quantitative estimate of drug-likeness (QED) is 0.390. The minimum absolute atomic E-state index is 0.189. The molecule has 2 atom stereocenters. The van der Waals surface area contributed by atoms with Gasteiger partial charge in [0.25, 0.3) is 0 Å². The van der Waals surface area contributed by atoms with Crippen LogP contribution in [-0.2, 0) is 16.2 Å². The third-order valence-electron chi connectivity index (χ3n) is 6.43. The molecule has 6 nitrogen and oxygen atoms in total. The molecule has 0 aliphatic carbocycles. The van der Waals surface area contributed by atoms with Crippen LogP contribution in [0, 0.1) is 5.82 Å². The van der Waals surface area contributed by atoms with Gasteiger partial charge in [0.05, 0.1) is 12.1 Å². The lowest BCUT2D eigenvalue weighted by Crippen LogP contribution is -2.38. The lowest BCUT2D eigenvalue weighted by Gasteiger charge is -2.35. The Morgan fingerprint density at radius 2 is 1.75 bits per heavy atom. The molecule has 2 aromatic carbocycles. The van der Waals surface area contributed by atoms with E-state index in [1.54, 1.807) is 12.1 Å². The van der Waals surface area contributed by atoms with Crippen LogP contribution in [0.2, 0.25) is 0 Å². The Morgan fingerprint density at radius 3 is 2.36 bits per heavy atom. The SMILES string of the molecule is CN=CC1=C(N)CC2c3ccc(-c4ccc(F)cc4)cc3C1N2S(=O)(=O)c1ccc(C(F)(F)F)nc1. The van der Waals surface area contributed by atoms with Gasteiger partial charge in [0.1, 0.15) is 16.4 Å². The molecule has 3 heterocycles. The molecule has 1 aromatic heterocycles. The second-order valence-electron chi connectivity index (χ2n) is 8.55. The van der Waals surface area contributed by atoms with Gasteiger partial charge in [0.2, 0.25) is 10.0 Å². The van der Waals surface area contributed by atoms with Crippen molar-refractivity contribution in [2.24, 2.45) is 10.7 Å². The maximum Gasteiger partial charge on any atom is 0.433 e. The molecule has 2 N–H and O–H groups in total. The predicted octanol–water partition coefficient (Wildman–Crippen LogP) is 5.01. The number of sulfonamides is 1. The van der Waals surface area contributed by atoms with E-state index in [9.17, 15) is 26.0 Å². The lowest BCUT2D eigenvalue weighted by molar-refractivity contribution is -0.141. The normalized spacial score (nSPS) is 20.2. The van der Waals surface area contributed by atoms with Gasteiger partial charge < -0.3 is 5.73 Å². The number of rotatable bonds is 4. The number of hydrogen-bond acceptors (Lipinski definition) is 5. The molecule has 2 aliphatic rings. The number of alkyl halides is 3. The van der Waals surface area contributed by atoms with Crippen molar-refractivity contribution in [3.05, 3.63) is 94.7 Å². The largest absolute Gasteiger partial charge is 0.433 e. The molecule has 2 unspecified atom stereocenters. The van der Waals surface area contributed by atoms with E-state index >= 15 is 0 Å². The van der Waals surface area contributed by atoms with E-state index in [1.165, 1.54) is 29.7 Å². The van der Waals surface area contributed by atoms with E-state index in [1.807, 2.05) is 18.2 Å². The third-order valence-corrected chi connectivity index (χ3v) is 8.29. The van der Waals surface area contributed by atoms with Crippen LogP contribution in [0.4, 0.5) is 17.6 Å². The molecule has 3 aromatic rings. The van der Waals surface area contributed by atoms with Crippen LogP contribution in [0.15, 0.2) is 82.0 Å². The second kappa shape index (κ2) is 8.52. The lowest BCUT2D eigenvalue weighted by atomic mass is 9.95. The zero-order valence-corrected chi connectivity index (χ0v) is 19.7. The van der Waals surface area contributed by atoms with E-state index in [2.05, 4.69) is 9.98 Å². The maximum absolute atomic E-state index is 13.8. The Morgan fingerprint density at radius 1 is 1.06 bits per heavy atom. The summed E-state index contributed by atoms with van der Waals surface area (Å²) in [4.78, 5) is 7.04. The van der Waals surface area contributed by atoms with E-state index in [0.29, 0.717) is 22.9 Å². The molecule has 0 saturated heterocycles. The number of pyridine rings is 1. The van der Waals surface area contributed by atoms with Gasteiger partial charge >= 0.3 is 6.18 Å². The topological polar surface area (TPSA) is 88.6 Å². The number of aromatic nitrogens is 1. The van der Waals surface area contributed by atoms with Gasteiger partial charge in [-0.1, -0.05) is 24.3 Å². The molecule has 0 fully saturated rings. The summed E-state index contributed by atoms with van der Waals surface area (Å²) < 4.78 is 81.2. The minimum atomic E-state index is -4.69. The summed E-state index contributed by atoms with van der Waals surface area (Å²) in [6, 6.07) is 11.5. The number of fused-ring (bicyclic) bond motifs is 5. The van der Waals surface area contributed by atoms with E-state index in [0.717, 1.165) is 29.0 Å². The third kappa shape index (κ3) is 3.88. The number of benzene rings is 2. The molecule has 11 heteroatoms. The average molecular weight is 517 g/mol. The molecule has 36 heavy (non-hydrogen) atoms. The van der Waals surface area contributed by atoms with Crippen molar-refractivity contribution in [2.45, 2.75) is 29.6 Å². The van der Waals surface area contributed by atoms with Crippen molar-refractivity contribution in [2.75, 3.05) is 7.05 Å². The molecule has 186 valence electrons. The first-order chi connectivity index (χ1) is 17.0. The molecule has 5 rings (SSSR count). The maximum atomic E-state index is 13.8. The van der Waals surface area contributed by atoms with Gasteiger partial charge in [-0.25, -0.2) is 12.8 Å². The first-order valence-corrected chi connectivity index (χ1v) is 12.3. The Balaban J connectivity index is 1.64. The fourth-order valence-corrected chi connectivity index (χ4v) is 6.52. The minimum Gasteiger partial charge on any atom is -0.402 e. The van der Waals surface area contributed by atoms with Crippen LogP contribution in [0.3, 0.4) is 0 Å². The van der Waals surface area contributed by atoms with Gasteiger partial charge in [-0.3, -0.25) is 9.98 Å². The van der Waals surface area contributed by atoms with E-state index < -0.39 is 34.0 Å². The summed E-state index contributed by atoms with van der Waals surface area (Å²) in [6.07, 6.45) is -2.28. The van der Waals surface area contributed by atoms with Crippen molar-refractivity contribution in [3.63, 3.8) is 0 Å². The smallest absolute Gasteiger partial charge is 0.402 e. The highest BCUT2D eigenvalue weighted by Crippen LogP contribution is 2.54. The van der Waals surface area contributed by atoms with Crippen LogP contribution in [0.1, 0.15) is 35.3 Å². The van der Waals surface area contributed by atoms with Crippen LogP contribution in [0.5, 0.6) is 0 Å². The Kier molecular flexibility index (Phi) is 5.72. The Hall–Kier alpha value is -3.57. The molecule has 2 bridgehead atoms. The fraction of sp³-hybridized carbons (Fsp3) is 0.200. The highest BCUT2D eigenvalue weighted by molar-refractivity contribution is 7.89. The van der Waals surface area contributed by atoms with Gasteiger partial charge in [0.15, 0.2) is 0 Å². The molecule has 0 spiro atoms. The molecule has 2 aliphatic heterocycles. The van der Waals surface area contributed by atoms with Crippen molar-refractivity contribution in [1.29, 1.82) is 0 Å². The van der Waals surface area contributed by atoms with Crippen LogP contribution < -0.4 is 5.73 Å². The molecular weight excluding hydrogens is 496 g/mol.